The first-order valence-corrected chi connectivity index (χ1v) is 6.64. The van der Waals surface area contributed by atoms with E-state index in [4.69, 9.17) is 0 Å². The lowest BCUT2D eigenvalue weighted by Crippen LogP contribution is -2.22. The molecular formula is C11H18N2O2S. The van der Waals surface area contributed by atoms with Crippen molar-refractivity contribution in [2.75, 3.05) is 20.6 Å². The van der Waals surface area contributed by atoms with Crippen molar-refractivity contribution < 1.29 is 8.42 Å². The number of benzene rings is 1. The van der Waals surface area contributed by atoms with E-state index < -0.39 is 10.0 Å². The van der Waals surface area contributed by atoms with Gasteiger partial charge in [0.05, 0.1) is 4.90 Å². The standard InChI is InChI=1S/C11H18N2O2S/c1-4-12-9-10-6-5-7-11(8-10)16(14,15)13(2)3/h5-8,12H,4,9H2,1-3H3. The maximum absolute atomic E-state index is 11.9. The molecule has 1 N–H and O–H groups in total. The van der Waals surface area contributed by atoms with E-state index in [2.05, 4.69) is 5.32 Å². The van der Waals surface area contributed by atoms with Gasteiger partial charge in [0, 0.05) is 20.6 Å². The van der Waals surface area contributed by atoms with Gasteiger partial charge in [-0.2, -0.15) is 0 Å². The van der Waals surface area contributed by atoms with E-state index in [-0.39, 0.29) is 0 Å². The Morgan fingerprint density at radius 1 is 1.31 bits per heavy atom. The van der Waals surface area contributed by atoms with Gasteiger partial charge < -0.3 is 5.32 Å². The van der Waals surface area contributed by atoms with Crippen LogP contribution in [0.4, 0.5) is 0 Å². The average molecular weight is 242 g/mol. The van der Waals surface area contributed by atoms with Gasteiger partial charge in [0.25, 0.3) is 0 Å². The van der Waals surface area contributed by atoms with E-state index in [1.54, 1.807) is 18.2 Å². The molecule has 0 fully saturated rings. The molecule has 1 rings (SSSR count). The molecule has 0 atom stereocenters. The molecule has 0 unspecified atom stereocenters. The SMILES string of the molecule is CCNCc1cccc(S(=O)(=O)N(C)C)c1. The van der Waals surface area contributed by atoms with E-state index in [0.717, 1.165) is 12.1 Å². The highest BCUT2D eigenvalue weighted by Crippen LogP contribution is 2.14. The first-order chi connectivity index (χ1) is 7.48. The summed E-state index contributed by atoms with van der Waals surface area (Å²) >= 11 is 0. The molecule has 4 nitrogen and oxygen atoms in total. The van der Waals surface area contributed by atoms with Crippen LogP contribution in [-0.4, -0.2) is 33.4 Å². The molecule has 0 aromatic heterocycles. The zero-order valence-corrected chi connectivity index (χ0v) is 10.7. The van der Waals surface area contributed by atoms with Gasteiger partial charge in [-0.25, -0.2) is 12.7 Å². The first-order valence-electron chi connectivity index (χ1n) is 5.20. The molecule has 0 aliphatic carbocycles. The molecule has 0 bridgehead atoms. The lowest BCUT2D eigenvalue weighted by molar-refractivity contribution is 0.520. The lowest BCUT2D eigenvalue weighted by Gasteiger charge is -2.12. The third kappa shape index (κ3) is 3.04. The van der Waals surface area contributed by atoms with Crippen molar-refractivity contribution in [3.63, 3.8) is 0 Å². The van der Waals surface area contributed by atoms with Gasteiger partial charge >= 0.3 is 0 Å². The molecule has 90 valence electrons. The minimum Gasteiger partial charge on any atom is -0.313 e. The number of nitrogens with one attached hydrogen (secondary N) is 1. The molecule has 0 aliphatic rings. The Hall–Kier alpha value is -0.910. The summed E-state index contributed by atoms with van der Waals surface area (Å²) in [5, 5.41) is 3.16. The first kappa shape index (κ1) is 13.2. The van der Waals surface area contributed by atoms with Crippen molar-refractivity contribution in [2.24, 2.45) is 0 Å². The number of hydrogen-bond acceptors (Lipinski definition) is 3. The molecule has 0 radical (unpaired) electrons. The highest BCUT2D eigenvalue weighted by Gasteiger charge is 2.16. The normalized spacial score (nSPS) is 12.0. The van der Waals surface area contributed by atoms with Gasteiger partial charge in [-0.3, -0.25) is 0 Å². The summed E-state index contributed by atoms with van der Waals surface area (Å²) in [4.78, 5) is 0.341. The van der Waals surface area contributed by atoms with Gasteiger partial charge in [0.1, 0.15) is 0 Å². The highest BCUT2D eigenvalue weighted by molar-refractivity contribution is 7.89. The molecule has 0 spiro atoms. The van der Waals surface area contributed by atoms with Gasteiger partial charge in [0.2, 0.25) is 10.0 Å². The van der Waals surface area contributed by atoms with Crippen LogP contribution in [0, 0.1) is 0 Å². The van der Waals surface area contributed by atoms with Crippen molar-refractivity contribution in [3.05, 3.63) is 29.8 Å². The minimum absolute atomic E-state index is 0.341. The molecule has 5 heteroatoms. The summed E-state index contributed by atoms with van der Waals surface area (Å²) in [6, 6.07) is 7.00. The minimum atomic E-state index is -3.32. The van der Waals surface area contributed by atoms with Crippen molar-refractivity contribution in [3.8, 4) is 0 Å². The van der Waals surface area contributed by atoms with Crippen molar-refractivity contribution in [1.82, 2.24) is 9.62 Å². The van der Waals surface area contributed by atoms with Gasteiger partial charge in [-0.05, 0) is 24.2 Å². The number of sulfonamides is 1. The Morgan fingerprint density at radius 3 is 2.56 bits per heavy atom. The van der Waals surface area contributed by atoms with Gasteiger partial charge in [0.15, 0.2) is 0 Å². The average Bonchev–Trinajstić information content (AvgIpc) is 2.26. The van der Waals surface area contributed by atoms with Crippen LogP contribution in [0.2, 0.25) is 0 Å². The maximum atomic E-state index is 11.9. The molecular weight excluding hydrogens is 224 g/mol. The van der Waals surface area contributed by atoms with Crippen molar-refractivity contribution >= 4 is 10.0 Å². The summed E-state index contributed by atoms with van der Waals surface area (Å²) in [6.07, 6.45) is 0. The lowest BCUT2D eigenvalue weighted by atomic mass is 10.2. The quantitative estimate of drug-likeness (QED) is 0.839. The fourth-order valence-electron chi connectivity index (χ4n) is 1.30. The molecule has 0 saturated carbocycles. The summed E-state index contributed by atoms with van der Waals surface area (Å²) in [5.74, 6) is 0. The molecule has 16 heavy (non-hydrogen) atoms. The van der Waals surface area contributed by atoms with Crippen LogP contribution in [0.5, 0.6) is 0 Å². The van der Waals surface area contributed by atoms with E-state index in [0.29, 0.717) is 11.4 Å². The molecule has 1 aromatic rings. The van der Waals surface area contributed by atoms with E-state index in [9.17, 15) is 8.42 Å². The Balaban J connectivity index is 2.99. The van der Waals surface area contributed by atoms with E-state index in [1.807, 2.05) is 13.0 Å². The van der Waals surface area contributed by atoms with Crippen LogP contribution in [-0.2, 0) is 16.6 Å². The van der Waals surface area contributed by atoms with Crippen molar-refractivity contribution in [1.29, 1.82) is 0 Å². The summed E-state index contributed by atoms with van der Waals surface area (Å²) in [5.41, 5.74) is 0.977. The van der Waals surface area contributed by atoms with Crippen LogP contribution in [0.25, 0.3) is 0 Å². The Kier molecular flexibility index (Phi) is 4.46. The van der Waals surface area contributed by atoms with Gasteiger partial charge in [-0.1, -0.05) is 19.1 Å². The zero-order valence-electron chi connectivity index (χ0n) is 9.90. The smallest absolute Gasteiger partial charge is 0.242 e. The predicted octanol–water partition coefficient (Wildman–Crippen LogP) is 1.05. The largest absolute Gasteiger partial charge is 0.313 e. The predicted molar refractivity (Wildman–Crippen MR) is 64.7 cm³/mol. The third-order valence-electron chi connectivity index (χ3n) is 2.26. The maximum Gasteiger partial charge on any atom is 0.242 e. The topological polar surface area (TPSA) is 49.4 Å². The molecule has 1 aromatic carbocycles. The Labute approximate surface area is 97.3 Å². The van der Waals surface area contributed by atoms with Crippen LogP contribution < -0.4 is 5.32 Å². The number of rotatable bonds is 5. The molecule has 0 heterocycles. The second-order valence-electron chi connectivity index (χ2n) is 3.72. The van der Waals surface area contributed by atoms with Gasteiger partial charge in [-0.15, -0.1) is 0 Å². The van der Waals surface area contributed by atoms with Crippen LogP contribution >= 0.6 is 0 Å². The zero-order chi connectivity index (χ0) is 12.2. The Bertz CT molecular complexity index is 441. The fourth-order valence-corrected chi connectivity index (χ4v) is 2.27. The van der Waals surface area contributed by atoms with E-state index >= 15 is 0 Å². The summed E-state index contributed by atoms with van der Waals surface area (Å²) in [7, 11) is -0.251. The number of nitrogens with zero attached hydrogens (tertiary/aromatic N) is 1. The summed E-state index contributed by atoms with van der Waals surface area (Å²) < 4.78 is 24.9. The molecule has 0 aliphatic heterocycles. The highest BCUT2D eigenvalue weighted by atomic mass is 32.2. The second kappa shape index (κ2) is 5.43. The van der Waals surface area contributed by atoms with E-state index in [1.165, 1.54) is 18.4 Å². The fraction of sp³-hybridized carbons (Fsp3) is 0.455. The summed E-state index contributed by atoms with van der Waals surface area (Å²) in [6.45, 7) is 3.57. The molecule has 0 amide bonds. The van der Waals surface area contributed by atoms with Crippen LogP contribution in [0.15, 0.2) is 29.2 Å². The number of hydrogen-bond donors (Lipinski definition) is 1. The molecule has 0 saturated heterocycles. The van der Waals surface area contributed by atoms with Crippen LogP contribution in [0.1, 0.15) is 12.5 Å². The monoisotopic (exact) mass is 242 g/mol. The van der Waals surface area contributed by atoms with Crippen LogP contribution in [0.3, 0.4) is 0 Å². The third-order valence-corrected chi connectivity index (χ3v) is 4.07. The van der Waals surface area contributed by atoms with Crippen molar-refractivity contribution in [2.45, 2.75) is 18.4 Å². The Morgan fingerprint density at radius 2 is 2.00 bits per heavy atom. The second-order valence-corrected chi connectivity index (χ2v) is 5.87.